The van der Waals surface area contributed by atoms with Gasteiger partial charge in [-0.05, 0) is 53.1 Å². The van der Waals surface area contributed by atoms with E-state index in [0.717, 1.165) is 22.7 Å². The molecule has 1 aromatic carbocycles. The zero-order valence-corrected chi connectivity index (χ0v) is 18.0. The first-order valence-electron chi connectivity index (χ1n) is 7.48. The molecule has 0 aliphatic carbocycles. The summed E-state index contributed by atoms with van der Waals surface area (Å²) in [6.07, 6.45) is 0. The van der Waals surface area contributed by atoms with Crippen molar-refractivity contribution in [2.75, 3.05) is 3.71 Å². The van der Waals surface area contributed by atoms with Crippen LogP contribution in [-0.4, -0.2) is 16.8 Å². The molecule has 0 amide bonds. The number of halogens is 1. The fourth-order valence-electron chi connectivity index (χ4n) is 2.35. The minimum absolute atomic E-state index is 0.0631. The third kappa shape index (κ3) is 3.70. The molecule has 142 valence electrons. The maximum Gasteiger partial charge on any atom is 0.287 e. The predicted molar refractivity (Wildman–Crippen MR) is 112 cm³/mol. The van der Waals surface area contributed by atoms with Crippen LogP contribution in [0.1, 0.15) is 12.5 Å². The van der Waals surface area contributed by atoms with Gasteiger partial charge in [0.25, 0.3) is 20.0 Å². The number of hydrogen-bond donors (Lipinski definition) is 0. The molecule has 0 bridgehead atoms. The summed E-state index contributed by atoms with van der Waals surface area (Å²) in [4.78, 5) is 0. The maximum absolute atomic E-state index is 13.2. The highest BCUT2D eigenvalue weighted by atomic mass is 35.5. The highest BCUT2D eigenvalue weighted by molar-refractivity contribution is 8.11. The summed E-state index contributed by atoms with van der Waals surface area (Å²) in [6.45, 7) is 5.56. The van der Waals surface area contributed by atoms with Gasteiger partial charge in [-0.15, -0.1) is 22.7 Å². The molecule has 5 nitrogen and oxygen atoms in total. The van der Waals surface area contributed by atoms with Crippen LogP contribution < -0.4 is 3.71 Å². The second kappa shape index (κ2) is 7.40. The topological polar surface area (TPSA) is 71.5 Å². The van der Waals surface area contributed by atoms with E-state index in [9.17, 15) is 16.8 Å². The molecule has 2 aromatic heterocycles. The van der Waals surface area contributed by atoms with Crippen molar-refractivity contribution in [1.82, 2.24) is 0 Å². The van der Waals surface area contributed by atoms with Crippen LogP contribution >= 0.6 is 34.3 Å². The van der Waals surface area contributed by atoms with Crippen LogP contribution in [0.25, 0.3) is 5.57 Å². The molecule has 0 spiro atoms. The highest BCUT2D eigenvalue weighted by Gasteiger charge is 2.38. The molecule has 27 heavy (non-hydrogen) atoms. The van der Waals surface area contributed by atoms with E-state index < -0.39 is 20.0 Å². The average molecular weight is 460 g/mol. The zero-order chi connectivity index (χ0) is 19.8. The van der Waals surface area contributed by atoms with Crippen LogP contribution in [0, 0.1) is 0 Å². The maximum atomic E-state index is 13.2. The van der Waals surface area contributed by atoms with Gasteiger partial charge >= 0.3 is 0 Å². The molecule has 0 N–H and O–H groups in total. The van der Waals surface area contributed by atoms with Crippen molar-refractivity contribution in [1.29, 1.82) is 0 Å². The summed E-state index contributed by atoms with van der Waals surface area (Å²) < 4.78 is 52.9. The Hall–Kier alpha value is -1.65. The molecular weight excluding hydrogens is 446 g/mol. The fourth-order valence-corrected chi connectivity index (χ4v) is 8.75. The normalized spacial score (nSPS) is 12.1. The van der Waals surface area contributed by atoms with Crippen LogP contribution in [0.2, 0.25) is 5.02 Å². The lowest BCUT2D eigenvalue weighted by molar-refractivity contribution is 0.586. The molecule has 10 heteroatoms. The van der Waals surface area contributed by atoms with E-state index in [2.05, 4.69) is 6.58 Å². The van der Waals surface area contributed by atoms with Gasteiger partial charge in [0, 0.05) is 0 Å². The summed E-state index contributed by atoms with van der Waals surface area (Å²) >= 11 is 8.13. The predicted octanol–water partition coefficient (Wildman–Crippen LogP) is 5.08. The molecule has 0 fully saturated rings. The number of anilines is 1. The van der Waals surface area contributed by atoms with Gasteiger partial charge in [0.2, 0.25) is 0 Å². The van der Waals surface area contributed by atoms with Crippen LogP contribution in [0.15, 0.2) is 68.2 Å². The Balaban J connectivity index is 2.27. The van der Waals surface area contributed by atoms with Gasteiger partial charge in [-0.3, -0.25) is 0 Å². The molecule has 0 aliphatic rings. The van der Waals surface area contributed by atoms with Crippen molar-refractivity contribution in [2.45, 2.75) is 15.3 Å². The second-order valence-corrected chi connectivity index (χ2v) is 12.1. The van der Waals surface area contributed by atoms with E-state index in [0.29, 0.717) is 14.8 Å². The first kappa shape index (κ1) is 20.1. The molecule has 0 saturated carbocycles. The number of sulfonamides is 2. The van der Waals surface area contributed by atoms with Crippen molar-refractivity contribution in [3.05, 3.63) is 70.4 Å². The molecule has 0 aliphatic heterocycles. The number of allylic oxidation sites excluding steroid dienone is 1. The number of hydrogen-bond acceptors (Lipinski definition) is 6. The molecule has 0 atom stereocenters. The van der Waals surface area contributed by atoms with Crippen LogP contribution in [0.4, 0.5) is 5.69 Å². The van der Waals surface area contributed by atoms with Gasteiger partial charge in [0.15, 0.2) is 0 Å². The van der Waals surface area contributed by atoms with E-state index >= 15 is 0 Å². The van der Waals surface area contributed by atoms with Crippen LogP contribution in [0.5, 0.6) is 0 Å². The largest absolute Gasteiger partial charge is 0.287 e. The summed E-state index contributed by atoms with van der Waals surface area (Å²) in [5, 5.41) is 3.35. The van der Waals surface area contributed by atoms with Crippen molar-refractivity contribution in [3.63, 3.8) is 0 Å². The Bertz CT molecular complexity index is 1120. The number of nitrogens with zero attached hydrogens (tertiary/aromatic N) is 1. The SMILES string of the molecule is C=C(C)c1ccc(N(S(=O)(=O)c2cccs2)S(=O)(=O)c2cccs2)cc1Cl. The third-order valence-electron chi connectivity index (χ3n) is 3.56. The Labute approximate surface area is 171 Å². The average Bonchev–Trinajstić information content (AvgIpc) is 3.28. The molecule has 2 heterocycles. The quantitative estimate of drug-likeness (QED) is 0.515. The molecular formula is C17H14ClNO4S4. The van der Waals surface area contributed by atoms with Crippen molar-refractivity contribution in [3.8, 4) is 0 Å². The molecule has 0 unspecified atom stereocenters. The Morgan fingerprint density at radius 1 is 0.963 bits per heavy atom. The van der Waals surface area contributed by atoms with Crippen LogP contribution in [0.3, 0.4) is 0 Å². The molecule has 3 rings (SSSR count). The summed E-state index contributed by atoms with van der Waals surface area (Å²) in [5.41, 5.74) is 1.23. The molecule has 3 aromatic rings. The Morgan fingerprint density at radius 3 is 1.85 bits per heavy atom. The minimum atomic E-state index is -4.35. The number of thiophene rings is 2. The van der Waals surface area contributed by atoms with E-state index in [4.69, 9.17) is 11.6 Å². The van der Waals surface area contributed by atoms with E-state index in [1.165, 1.54) is 24.3 Å². The first-order valence-corrected chi connectivity index (χ1v) is 12.5. The second-order valence-electron chi connectivity index (χ2n) is 5.52. The number of benzene rings is 1. The lowest BCUT2D eigenvalue weighted by atomic mass is 10.1. The fraction of sp³-hybridized carbons (Fsp3) is 0.0588. The van der Waals surface area contributed by atoms with Gasteiger partial charge in [-0.1, -0.05) is 36.4 Å². The van der Waals surface area contributed by atoms with Gasteiger partial charge in [0.1, 0.15) is 8.42 Å². The Morgan fingerprint density at radius 2 is 1.48 bits per heavy atom. The molecule has 0 radical (unpaired) electrons. The summed E-state index contributed by atoms with van der Waals surface area (Å²) in [6, 6.07) is 10.1. The van der Waals surface area contributed by atoms with Crippen molar-refractivity contribution in [2.24, 2.45) is 0 Å². The van der Waals surface area contributed by atoms with Crippen molar-refractivity contribution >= 4 is 65.6 Å². The zero-order valence-electron chi connectivity index (χ0n) is 14.0. The van der Waals surface area contributed by atoms with E-state index in [1.54, 1.807) is 35.9 Å². The third-order valence-corrected chi connectivity index (χ3v) is 10.8. The summed E-state index contributed by atoms with van der Waals surface area (Å²) in [5.74, 6) is 0. The van der Waals surface area contributed by atoms with Gasteiger partial charge in [-0.25, -0.2) is 0 Å². The first-order chi connectivity index (χ1) is 12.7. The van der Waals surface area contributed by atoms with Crippen LogP contribution in [-0.2, 0) is 20.0 Å². The Kier molecular flexibility index (Phi) is 5.51. The van der Waals surface area contributed by atoms with E-state index in [-0.39, 0.29) is 19.1 Å². The summed E-state index contributed by atoms with van der Waals surface area (Å²) in [7, 11) is -8.71. The molecule has 0 saturated heterocycles. The van der Waals surface area contributed by atoms with Gasteiger partial charge in [-0.2, -0.15) is 20.5 Å². The lowest BCUT2D eigenvalue weighted by Gasteiger charge is -2.23. The van der Waals surface area contributed by atoms with Gasteiger partial charge < -0.3 is 0 Å². The monoisotopic (exact) mass is 459 g/mol. The highest BCUT2D eigenvalue weighted by Crippen LogP contribution is 2.36. The standard InChI is InChI=1S/C17H14ClNO4S4/c1-12(2)14-8-7-13(11-15(14)18)19(26(20,21)16-5-3-9-24-16)27(22,23)17-6-4-10-25-17/h3-11H,1H2,2H3. The lowest BCUT2D eigenvalue weighted by Crippen LogP contribution is -2.36. The van der Waals surface area contributed by atoms with E-state index in [1.807, 2.05) is 0 Å². The smallest absolute Gasteiger partial charge is 0.199 e. The number of rotatable bonds is 6. The minimum Gasteiger partial charge on any atom is -0.199 e. The van der Waals surface area contributed by atoms with Gasteiger partial charge in [0.05, 0.1) is 10.7 Å². The van der Waals surface area contributed by atoms with Crippen molar-refractivity contribution < 1.29 is 16.8 Å².